The number of nitrogens with zero attached hydrogens (tertiary/aromatic N) is 2. The number of amides is 1. The van der Waals surface area contributed by atoms with Gasteiger partial charge in [0.05, 0.1) is 35.7 Å². The van der Waals surface area contributed by atoms with E-state index in [0.29, 0.717) is 35.7 Å². The molecule has 0 aliphatic rings. The predicted octanol–water partition coefficient (Wildman–Crippen LogP) is 4.79. The smallest absolute Gasteiger partial charge is 0.271 e. The lowest BCUT2D eigenvalue weighted by Crippen LogP contribution is -2.26. The molecule has 0 saturated carbocycles. The van der Waals surface area contributed by atoms with Gasteiger partial charge in [0.25, 0.3) is 5.91 Å². The molecule has 1 aromatic heterocycles. The summed E-state index contributed by atoms with van der Waals surface area (Å²) in [7, 11) is 3.20. The Kier molecular flexibility index (Phi) is 7.27. The van der Waals surface area contributed by atoms with Gasteiger partial charge >= 0.3 is 0 Å². The van der Waals surface area contributed by atoms with Crippen LogP contribution in [0.2, 0.25) is 0 Å². The number of hydrogen-bond donors (Lipinski definition) is 1. The first-order chi connectivity index (χ1) is 15.0. The van der Waals surface area contributed by atoms with Gasteiger partial charge in [-0.1, -0.05) is 32.0 Å². The molecule has 0 spiro atoms. The lowest BCUT2D eigenvalue weighted by Gasteiger charge is -2.10. The Balaban J connectivity index is 1.75. The van der Waals surface area contributed by atoms with Gasteiger partial charge in [0.15, 0.2) is 11.5 Å². The van der Waals surface area contributed by atoms with Crippen LogP contribution in [-0.4, -0.2) is 31.7 Å². The van der Waals surface area contributed by atoms with Crippen molar-refractivity contribution in [2.75, 3.05) is 20.8 Å². The standard InChI is InChI=1S/C24H25N3O3S/c1-15(2)24-27-21(22(31-24)18-8-5-17(14-25)6-9-18)23(28)26-12-11-16-7-10-19(29-3)20(13-16)30-4/h5-10,13,15H,11-12H2,1-4H3,(H,26,28). The maximum absolute atomic E-state index is 12.9. The Morgan fingerprint density at radius 2 is 1.84 bits per heavy atom. The van der Waals surface area contributed by atoms with Crippen molar-refractivity contribution in [1.29, 1.82) is 5.26 Å². The van der Waals surface area contributed by atoms with Crippen LogP contribution >= 0.6 is 11.3 Å². The Morgan fingerprint density at radius 3 is 2.45 bits per heavy atom. The highest BCUT2D eigenvalue weighted by molar-refractivity contribution is 7.15. The molecule has 1 N–H and O–H groups in total. The fourth-order valence-corrected chi connectivity index (χ4v) is 4.14. The Hall–Kier alpha value is -3.37. The van der Waals surface area contributed by atoms with Gasteiger partial charge in [0.2, 0.25) is 0 Å². The molecule has 3 rings (SSSR count). The molecule has 0 atom stereocenters. The first-order valence-corrected chi connectivity index (χ1v) is 10.8. The minimum Gasteiger partial charge on any atom is -0.493 e. The third-order valence-corrected chi connectivity index (χ3v) is 6.18. The monoisotopic (exact) mass is 435 g/mol. The topological polar surface area (TPSA) is 84.2 Å². The van der Waals surface area contributed by atoms with Gasteiger partial charge in [-0.25, -0.2) is 4.98 Å². The van der Waals surface area contributed by atoms with E-state index in [1.54, 1.807) is 26.4 Å². The summed E-state index contributed by atoms with van der Waals surface area (Å²) in [5, 5.41) is 12.9. The molecule has 31 heavy (non-hydrogen) atoms. The molecular formula is C24H25N3O3S. The van der Waals surface area contributed by atoms with Crippen LogP contribution in [0, 0.1) is 11.3 Å². The van der Waals surface area contributed by atoms with Crippen molar-refractivity contribution in [3.05, 3.63) is 64.3 Å². The zero-order chi connectivity index (χ0) is 22.4. The fourth-order valence-electron chi connectivity index (χ4n) is 3.07. The van der Waals surface area contributed by atoms with Crippen LogP contribution < -0.4 is 14.8 Å². The number of carbonyl (C=O) groups excluding carboxylic acids is 1. The van der Waals surface area contributed by atoms with E-state index < -0.39 is 0 Å². The molecule has 0 unspecified atom stereocenters. The maximum Gasteiger partial charge on any atom is 0.271 e. The van der Waals surface area contributed by atoms with Crippen LogP contribution in [0.4, 0.5) is 0 Å². The average Bonchev–Trinajstić information content (AvgIpc) is 3.25. The molecule has 2 aromatic carbocycles. The first kappa shape index (κ1) is 22.3. The molecule has 3 aromatic rings. The number of hydrogen-bond acceptors (Lipinski definition) is 6. The molecule has 0 saturated heterocycles. The Labute approximate surface area is 186 Å². The second kappa shape index (κ2) is 10.1. The van der Waals surface area contributed by atoms with Crippen LogP contribution in [0.1, 0.15) is 46.4 Å². The van der Waals surface area contributed by atoms with Gasteiger partial charge in [-0.3, -0.25) is 4.79 Å². The number of nitrogens with one attached hydrogen (secondary N) is 1. The van der Waals surface area contributed by atoms with Gasteiger partial charge in [0.1, 0.15) is 5.69 Å². The fraction of sp³-hybridized carbons (Fsp3) is 0.292. The number of nitriles is 1. The number of carbonyl (C=O) groups is 1. The quantitative estimate of drug-likeness (QED) is 0.550. The molecule has 1 amide bonds. The molecule has 0 fully saturated rings. The molecule has 6 nitrogen and oxygen atoms in total. The summed E-state index contributed by atoms with van der Waals surface area (Å²) in [6.07, 6.45) is 0.652. The summed E-state index contributed by atoms with van der Waals surface area (Å²) in [6, 6.07) is 15.1. The SMILES string of the molecule is COc1ccc(CCNC(=O)c2nc(C(C)C)sc2-c2ccc(C#N)cc2)cc1OC. The Bertz CT molecular complexity index is 1100. The van der Waals surface area contributed by atoms with Crippen LogP contribution in [0.15, 0.2) is 42.5 Å². The highest BCUT2D eigenvalue weighted by Gasteiger charge is 2.20. The highest BCUT2D eigenvalue weighted by Crippen LogP contribution is 2.34. The summed E-state index contributed by atoms with van der Waals surface area (Å²) in [4.78, 5) is 18.4. The van der Waals surface area contributed by atoms with E-state index in [-0.39, 0.29) is 11.8 Å². The van der Waals surface area contributed by atoms with Crippen LogP contribution in [0.3, 0.4) is 0 Å². The summed E-state index contributed by atoms with van der Waals surface area (Å²) < 4.78 is 10.6. The highest BCUT2D eigenvalue weighted by atomic mass is 32.1. The van der Waals surface area contributed by atoms with Gasteiger partial charge < -0.3 is 14.8 Å². The van der Waals surface area contributed by atoms with Crippen molar-refractivity contribution in [2.24, 2.45) is 0 Å². The number of methoxy groups -OCH3 is 2. The number of ether oxygens (including phenoxy) is 2. The summed E-state index contributed by atoms with van der Waals surface area (Å²) >= 11 is 1.52. The van der Waals surface area contributed by atoms with E-state index in [1.165, 1.54) is 11.3 Å². The second-order valence-electron chi connectivity index (χ2n) is 7.27. The zero-order valence-corrected chi connectivity index (χ0v) is 18.9. The predicted molar refractivity (Wildman–Crippen MR) is 122 cm³/mol. The van der Waals surface area contributed by atoms with E-state index in [1.807, 2.05) is 30.3 Å². The van der Waals surface area contributed by atoms with Gasteiger partial charge in [-0.2, -0.15) is 5.26 Å². The van der Waals surface area contributed by atoms with Crippen molar-refractivity contribution in [3.63, 3.8) is 0 Å². The van der Waals surface area contributed by atoms with Crippen molar-refractivity contribution >= 4 is 17.2 Å². The summed E-state index contributed by atoms with van der Waals surface area (Å²) in [5.74, 6) is 1.35. The molecule has 0 aliphatic carbocycles. The van der Waals surface area contributed by atoms with Gasteiger partial charge in [-0.05, 0) is 41.8 Å². The molecule has 1 heterocycles. The average molecular weight is 436 g/mol. The third-order valence-electron chi connectivity index (χ3n) is 4.78. The summed E-state index contributed by atoms with van der Waals surface area (Å²) in [5.41, 5.74) is 2.92. The number of aromatic nitrogens is 1. The van der Waals surface area contributed by atoms with Crippen LogP contribution in [0.5, 0.6) is 11.5 Å². The second-order valence-corrected chi connectivity index (χ2v) is 8.30. The van der Waals surface area contributed by atoms with Crippen molar-refractivity contribution in [3.8, 4) is 28.0 Å². The van der Waals surface area contributed by atoms with E-state index in [0.717, 1.165) is 21.0 Å². The van der Waals surface area contributed by atoms with Crippen molar-refractivity contribution in [2.45, 2.75) is 26.2 Å². The largest absolute Gasteiger partial charge is 0.493 e. The molecule has 160 valence electrons. The number of rotatable bonds is 8. The third kappa shape index (κ3) is 5.22. The van der Waals surface area contributed by atoms with E-state index in [9.17, 15) is 4.79 Å². The first-order valence-electron chi connectivity index (χ1n) is 9.97. The Morgan fingerprint density at radius 1 is 1.13 bits per heavy atom. The minimum absolute atomic E-state index is 0.206. The van der Waals surface area contributed by atoms with E-state index >= 15 is 0 Å². The number of benzene rings is 2. The molecule has 0 bridgehead atoms. The van der Waals surface area contributed by atoms with Crippen LogP contribution in [-0.2, 0) is 6.42 Å². The normalized spacial score (nSPS) is 10.6. The van der Waals surface area contributed by atoms with Crippen LogP contribution in [0.25, 0.3) is 10.4 Å². The zero-order valence-electron chi connectivity index (χ0n) is 18.1. The van der Waals surface area contributed by atoms with E-state index in [2.05, 4.69) is 30.2 Å². The molecule has 0 aliphatic heterocycles. The van der Waals surface area contributed by atoms with Crippen molar-refractivity contribution in [1.82, 2.24) is 10.3 Å². The summed E-state index contributed by atoms with van der Waals surface area (Å²) in [6.45, 7) is 4.58. The van der Waals surface area contributed by atoms with E-state index in [4.69, 9.17) is 14.7 Å². The van der Waals surface area contributed by atoms with Crippen molar-refractivity contribution < 1.29 is 14.3 Å². The molecule has 0 radical (unpaired) electrons. The van der Waals surface area contributed by atoms with Gasteiger partial charge in [-0.15, -0.1) is 11.3 Å². The lowest BCUT2D eigenvalue weighted by atomic mass is 10.1. The maximum atomic E-state index is 12.9. The minimum atomic E-state index is -0.206. The number of thiazole rings is 1. The molecule has 7 heteroatoms. The molecular weight excluding hydrogens is 410 g/mol. The van der Waals surface area contributed by atoms with Gasteiger partial charge in [0, 0.05) is 12.5 Å². The lowest BCUT2D eigenvalue weighted by molar-refractivity contribution is 0.0950.